The molecule has 2 aliphatic rings. The van der Waals surface area contributed by atoms with Crippen LogP contribution in [-0.2, 0) is 4.74 Å². The molecule has 2 fully saturated rings. The SMILES string of the molecule is O=C(c1ccc(-n2cccn2)nc1)N1CCC(O)(CN2CCOCC2)C1. The van der Waals surface area contributed by atoms with Crippen LogP contribution in [-0.4, -0.2) is 87.1 Å². The van der Waals surface area contributed by atoms with Crippen molar-refractivity contribution in [3.05, 3.63) is 42.4 Å². The van der Waals surface area contributed by atoms with Crippen molar-refractivity contribution in [2.75, 3.05) is 45.9 Å². The Hall–Kier alpha value is -2.29. The number of rotatable bonds is 4. The highest BCUT2D eigenvalue weighted by atomic mass is 16.5. The molecule has 8 nitrogen and oxygen atoms in total. The van der Waals surface area contributed by atoms with E-state index in [4.69, 9.17) is 4.74 Å². The first-order valence-electron chi connectivity index (χ1n) is 8.91. The Labute approximate surface area is 152 Å². The van der Waals surface area contributed by atoms with Crippen LogP contribution >= 0.6 is 0 Å². The Morgan fingerprint density at radius 2 is 2.12 bits per heavy atom. The molecule has 1 N–H and O–H groups in total. The summed E-state index contributed by atoms with van der Waals surface area (Å²) in [4.78, 5) is 21.0. The minimum absolute atomic E-state index is 0.0950. The molecule has 2 aromatic rings. The van der Waals surface area contributed by atoms with Gasteiger partial charge < -0.3 is 14.7 Å². The van der Waals surface area contributed by atoms with E-state index >= 15 is 0 Å². The van der Waals surface area contributed by atoms with E-state index in [0.29, 0.717) is 50.7 Å². The highest BCUT2D eigenvalue weighted by Gasteiger charge is 2.39. The van der Waals surface area contributed by atoms with E-state index in [1.807, 2.05) is 6.07 Å². The number of hydrogen-bond donors (Lipinski definition) is 1. The summed E-state index contributed by atoms with van der Waals surface area (Å²) >= 11 is 0. The van der Waals surface area contributed by atoms with Gasteiger partial charge in [0.05, 0.1) is 30.9 Å². The number of pyridine rings is 1. The molecule has 1 unspecified atom stereocenters. The van der Waals surface area contributed by atoms with Gasteiger partial charge >= 0.3 is 0 Å². The first-order valence-corrected chi connectivity index (χ1v) is 8.91. The summed E-state index contributed by atoms with van der Waals surface area (Å²) in [6, 6.07) is 5.35. The second-order valence-corrected chi connectivity index (χ2v) is 6.95. The van der Waals surface area contributed by atoms with Crippen LogP contribution < -0.4 is 0 Å². The number of likely N-dealkylation sites (tertiary alicyclic amines) is 1. The van der Waals surface area contributed by atoms with Crippen molar-refractivity contribution in [2.45, 2.75) is 12.0 Å². The Balaban J connectivity index is 1.39. The van der Waals surface area contributed by atoms with Crippen molar-refractivity contribution in [1.29, 1.82) is 0 Å². The molecule has 26 heavy (non-hydrogen) atoms. The molecule has 8 heteroatoms. The Bertz CT molecular complexity index is 743. The van der Waals surface area contributed by atoms with Gasteiger partial charge in [0.2, 0.25) is 0 Å². The number of carbonyl (C=O) groups excluding carboxylic acids is 1. The number of amides is 1. The summed E-state index contributed by atoms with van der Waals surface area (Å²) in [5.74, 6) is 0.569. The lowest BCUT2D eigenvalue weighted by molar-refractivity contribution is -0.0257. The summed E-state index contributed by atoms with van der Waals surface area (Å²) in [5, 5.41) is 15.0. The molecule has 2 aliphatic heterocycles. The van der Waals surface area contributed by atoms with Crippen LogP contribution in [0.5, 0.6) is 0 Å². The van der Waals surface area contributed by atoms with E-state index in [0.717, 1.165) is 13.1 Å². The zero-order valence-electron chi connectivity index (χ0n) is 14.6. The minimum atomic E-state index is -0.852. The lowest BCUT2D eigenvalue weighted by atomic mass is 10.0. The molecule has 138 valence electrons. The molecule has 2 aromatic heterocycles. The van der Waals surface area contributed by atoms with Crippen molar-refractivity contribution < 1.29 is 14.6 Å². The third-order valence-electron chi connectivity index (χ3n) is 4.98. The molecular formula is C18H23N5O3. The summed E-state index contributed by atoms with van der Waals surface area (Å²) in [6.07, 6.45) is 5.64. The molecule has 0 saturated carbocycles. The highest BCUT2D eigenvalue weighted by molar-refractivity contribution is 5.94. The predicted octanol–water partition coefficient (Wildman–Crippen LogP) is 0.177. The largest absolute Gasteiger partial charge is 0.387 e. The summed E-state index contributed by atoms with van der Waals surface area (Å²) < 4.78 is 6.99. The molecule has 1 atom stereocenters. The molecule has 4 heterocycles. The normalized spacial score (nSPS) is 24.1. The van der Waals surface area contributed by atoms with E-state index in [1.165, 1.54) is 0 Å². The smallest absolute Gasteiger partial charge is 0.255 e. The minimum Gasteiger partial charge on any atom is -0.387 e. The molecule has 0 aliphatic carbocycles. The summed E-state index contributed by atoms with van der Waals surface area (Å²) in [6.45, 7) is 4.55. The molecule has 2 saturated heterocycles. The first kappa shape index (κ1) is 17.1. The van der Waals surface area contributed by atoms with Gasteiger partial charge in [0.15, 0.2) is 5.82 Å². The lowest BCUT2D eigenvalue weighted by Gasteiger charge is -2.33. The molecule has 4 rings (SSSR count). The number of β-amino-alcohol motifs (C(OH)–C–C–N with tert-alkyl or cyclic N) is 1. The number of ether oxygens (including phenoxy) is 1. The van der Waals surface area contributed by atoms with Gasteiger partial charge in [-0.1, -0.05) is 0 Å². The first-order chi connectivity index (χ1) is 12.6. The van der Waals surface area contributed by atoms with Crippen molar-refractivity contribution in [1.82, 2.24) is 24.6 Å². The number of aromatic nitrogens is 3. The van der Waals surface area contributed by atoms with Gasteiger partial charge in [0.1, 0.15) is 0 Å². The average molecular weight is 357 g/mol. The second-order valence-electron chi connectivity index (χ2n) is 6.95. The predicted molar refractivity (Wildman–Crippen MR) is 94.1 cm³/mol. The number of morpholine rings is 1. The van der Waals surface area contributed by atoms with Crippen LogP contribution in [0.4, 0.5) is 0 Å². The van der Waals surface area contributed by atoms with Gasteiger partial charge in [-0.05, 0) is 24.6 Å². The third kappa shape index (κ3) is 3.62. The topological polar surface area (TPSA) is 83.7 Å². The van der Waals surface area contributed by atoms with Gasteiger partial charge in [-0.2, -0.15) is 5.10 Å². The number of nitrogens with zero attached hydrogens (tertiary/aromatic N) is 5. The summed E-state index contributed by atoms with van der Waals surface area (Å²) in [5.41, 5.74) is -0.327. The van der Waals surface area contributed by atoms with Gasteiger partial charge in [-0.15, -0.1) is 0 Å². The van der Waals surface area contributed by atoms with E-state index in [1.54, 1.807) is 40.3 Å². The van der Waals surface area contributed by atoms with Gasteiger partial charge in [-0.3, -0.25) is 9.69 Å². The maximum Gasteiger partial charge on any atom is 0.255 e. The molecule has 0 bridgehead atoms. The van der Waals surface area contributed by atoms with Crippen molar-refractivity contribution in [2.24, 2.45) is 0 Å². The Kier molecular flexibility index (Phi) is 4.71. The van der Waals surface area contributed by atoms with E-state index in [-0.39, 0.29) is 5.91 Å². The second kappa shape index (κ2) is 7.14. The fourth-order valence-electron chi connectivity index (χ4n) is 3.57. The number of aliphatic hydroxyl groups is 1. The van der Waals surface area contributed by atoms with Crippen molar-refractivity contribution in [3.8, 4) is 5.82 Å². The number of carbonyl (C=O) groups is 1. The third-order valence-corrected chi connectivity index (χ3v) is 4.98. The molecule has 1 amide bonds. The number of hydrogen-bond acceptors (Lipinski definition) is 6. The van der Waals surface area contributed by atoms with E-state index in [9.17, 15) is 9.90 Å². The highest BCUT2D eigenvalue weighted by Crippen LogP contribution is 2.24. The quantitative estimate of drug-likeness (QED) is 0.840. The average Bonchev–Trinajstić information content (AvgIpc) is 3.32. The van der Waals surface area contributed by atoms with Crippen LogP contribution in [0, 0.1) is 0 Å². The van der Waals surface area contributed by atoms with Crippen LogP contribution in [0.3, 0.4) is 0 Å². The standard InChI is InChI=1S/C18H23N5O3/c24-17(15-2-3-16(19-12-15)23-6-1-5-20-23)22-7-4-18(25,14-22)13-21-8-10-26-11-9-21/h1-3,5-6,12,25H,4,7-11,13-14H2. The Morgan fingerprint density at radius 1 is 1.27 bits per heavy atom. The maximum atomic E-state index is 12.7. The molecule has 0 radical (unpaired) electrons. The summed E-state index contributed by atoms with van der Waals surface area (Å²) in [7, 11) is 0. The van der Waals surface area contributed by atoms with Gasteiger partial charge in [0.25, 0.3) is 5.91 Å². The maximum absolute atomic E-state index is 12.7. The fraction of sp³-hybridized carbons (Fsp3) is 0.500. The van der Waals surface area contributed by atoms with Crippen LogP contribution in [0.2, 0.25) is 0 Å². The molecule has 0 aromatic carbocycles. The zero-order valence-corrected chi connectivity index (χ0v) is 14.6. The Morgan fingerprint density at radius 3 is 2.81 bits per heavy atom. The lowest BCUT2D eigenvalue weighted by Crippen LogP contribution is -2.49. The van der Waals surface area contributed by atoms with Crippen LogP contribution in [0.15, 0.2) is 36.8 Å². The van der Waals surface area contributed by atoms with Crippen molar-refractivity contribution >= 4 is 5.91 Å². The van der Waals surface area contributed by atoms with E-state index in [2.05, 4.69) is 15.0 Å². The van der Waals surface area contributed by atoms with Crippen molar-refractivity contribution in [3.63, 3.8) is 0 Å². The molecular weight excluding hydrogens is 334 g/mol. The van der Waals surface area contributed by atoms with Crippen LogP contribution in [0.1, 0.15) is 16.8 Å². The fourth-order valence-corrected chi connectivity index (χ4v) is 3.57. The van der Waals surface area contributed by atoms with Gasteiger partial charge in [-0.25, -0.2) is 9.67 Å². The molecule has 0 spiro atoms. The van der Waals surface area contributed by atoms with Crippen LogP contribution in [0.25, 0.3) is 5.82 Å². The van der Waals surface area contributed by atoms with E-state index < -0.39 is 5.60 Å². The zero-order chi connectivity index (χ0) is 18.0. The van der Waals surface area contributed by atoms with Gasteiger partial charge in [0, 0.05) is 44.8 Å². The monoisotopic (exact) mass is 357 g/mol.